The van der Waals surface area contributed by atoms with Gasteiger partial charge >= 0.3 is 0 Å². The molecule has 0 aliphatic rings. The monoisotopic (exact) mass is 231 g/mol. The van der Waals surface area contributed by atoms with E-state index < -0.39 is 0 Å². The summed E-state index contributed by atoms with van der Waals surface area (Å²) in [5.74, 6) is 0. The van der Waals surface area contributed by atoms with Gasteiger partial charge in [-0.1, -0.05) is 41.5 Å². The first-order valence-electron chi connectivity index (χ1n) is 6.02. The maximum atomic E-state index is 6.00. The minimum Gasteiger partial charge on any atom is -0.374 e. The second kappa shape index (κ2) is 5.99. The highest BCUT2D eigenvalue weighted by molar-refractivity contribution is 4.85. The first kappa shape index (κ1) is 15.9. The number of rotatable bonds is 5. The Balaban J connectivity index is 4.36. The maximum Gasteiger partial charge on any atom is 0.0945 e. The van der Waals surface area contributed by atoms with E-state index in [9.17, 15) is 0 Å². The minimum absolute atomic E-state index is 0.0530. The predicted octanol–water partition coefficient (Wildman–Crippen LogP) is 2.79. The zero-order chi connectivity index (χ0) is 13.0. The topological polar surface area (TPSA) is 44.5 Å². The van der Waals surface area contributed by atoms with Crippen LogP contribution in [0.25, 0.3) is 0 Å². The van der Waals surface area contributed by atoms with Crippen LogP contribution in [0, 0.1) is 10.8 Å². The van der Waals surface area contributed by atoms with Crippen molar-refractivity contribution in [3.63, 3.8) is 0 Å². The Morgan fingerprint density at radius 1 is 0.938 bits per heavy atom. The molecule has 1 atom stereocenters. The van der Waals surface area contributed by atoms with Crippen molar-refractivity contribution in [3.8, 4) is 0 Å². The van der Waals surface area contributed by atoms with Gasteiger partial charge in [-0.15, -0.1) is 0 Å². The molecular formula is C13H29NO2. The zero-order valence-electron chi connectivity index (χ0n) is 12.0. The van der Waals surface area contributed by atoms with Crippen molar-refractivity contribution >= 4 is 0 Å². The third-order valence-electron chi connectivity index (χ3n) is 2.45. The van der Waals surface area contributed by atoms with E-state index in [0.717, 1.165) is 0 Å². The molecule has 0 rings (SSSR count). The maximum absolute atomic E-state index is 6.00. The second-order valence-corrected chi connectivity index (χ2v) is 6.59. The molecule has 3 heteroatoms. The van der Waals surface area contributed by atoms with Crippen molar-refractivity contribution in [1.82, 2.24) is 0 Å². The Morgan fingerprint density at radius 2 is 1.38 bits per heavy atom. The fraction of sp³-hybridized carbons (Fsp3) is 1.00. The standard InChI is InChI=1S/C13H29NO2/c1-10(16-9-14)8-15-11(12(2,3)4)13(5,6)7/h10-11H,8-9,14H2,1-7H3. The summed E-state index contributed by atoms with van der Waals surface area (Å²) >= 11 is 0. The third kappa shape index (κ3) is 5.83. The van der Waals surface area contributed by atoms with Gasteiger partial charge in [0.05, 0.1) is 25.5 Å². The first-order chi connectivity index (χ1) is 7.09. The van der Waals surface area contributed by atoms with E-state index in [1.54, 1.807) is 0 Å². The van der Waals surface area contributed by atoms with Crippen LogP contribution in [0.4, 0.5) is 0 Å². The van der Waals surface area contributed by atoms with Gasteiger partial charge in [0.2, 0.25) is 0 Å². The molecule has 0 heterocycles. The van der Waals surface area contributed by atoms with Crippen LogP contribution in [0.3, 0.4) is 0 Å². The molecule has 0 aliphatic heterocycles. The zero-order valence-corrected chi connectivity index (χ0v) is 12.0. The number of hydrogen-bond acceptors (Lipinski definition) is 3. The Morgan fingerprint density at radius 3 is 1.69 bits per heavy atom. The Hall–Kier alpha value is -0.120. The number of ether oxygens (including phenoxy) is 2. The fourth-order valence-electron chi connectivity index (χ4n) is 2.24. The van der Waals surface area contributed by atoms with Gasteiger partial charge in [0.25, 0.3) is 0 Å². The summed E-state index contributed by atoms with van der Waals surface area (Å²) in [5, 5.41) is 0. The summed E-state index contributed by atoms with van der Waals surface area (Å²) in [6, 6.07) is 0. The van der Waals surface area contributed by atoms with Crippen molar-refractivity contribution in [1.29, 1.82) is 0 Å². The van der Waals surface area contributed by atoms with Gasteiger partial charge in [-0.05, 0) is 17.8 Å². The third-order valence-corrected chi connectivity index (χ3v) is 2.45. The lowest BCUT2D eigenvalue weighted by Gasteiger charge is -2.40. The van der Waals surface area contributed by atoms with Crippen LogP contribution in [0.5, 0.6) is 0 Å². The van der Waals surface area contributed by atoms with Crippen molar-refractivity contribution in [3.05, 3.63) is 0 Å². The molecular weight excluding hydrogens is 202 g/mol. The van der Waals surface area contributed by atoms with E-state index in [0.29, 0.717) is 6.61 Å². The molecule has 2 N–H and O–H groups in total. The normalized spacial score (nSPS) is 15.6. The molecule has 0 radical (unpaired) electrons. The lowest BCUT2D eigenvalue weighted by Crippen LogP contribution is -2.42. The summed E-state index contributed by atoms with van der Waals surface area (Å²) in [4.78, 5) is 0. The largest absolute Gasteiger partial charge is 0.374 e. The van der Waals surface area contributed by atoms with Crippen molar-refractivity contribution in [2.45, 2.75) is 60.7 Å². The Bertz CT molecular complexity index is 177. The van der Waals surface area contributed by atoms with Crippen LogP contribution < -0.4 is 5.73 Å². The molecule has 1 unspecified atom stereocenters. The summed E-state index contributed by atoms with van der Waals surface area (Å²) in [6.45, 7) is 16.1. The number of nitrogens with two attached hydrogens (primary N) is 1. The van der Waals surface area contributed by atoms with Gasteiger partial charge in [-0.25, -0.2) is 0 Å². The fourth-order valence-corrected chi connectivity index (χ4v) is 2.24. The average molecular weight is 231 g/mol. The molecule has 0 aliphatic carbocycles. The van der Waals surface area contributed by atoms with E-state index in [4.69, 9.17) is 15.2 Å². The van der Waals surface area contributed by atoms with Gasteiger partial charge in [0.15, 0.2) is 0 Å². The minimum atomic E-state index is 0.0530. The SMILES string of the molecule is CC(COC(C(C)(C)C)C(C)(C)C)OCN. The van der Waals surface area contributed by atoms with Crippen LogP contribution in [-0.2, 0) is 9.47 Å². The van der Waals surface area contributed by atoms with Gasteiger partial charge in [-0.3, -0.25) is 0 Å². The Labute approximate surface area is 101 Å². The predicted molar refractivity (Wildman–Crippen MR) is 68.3 cm³/mol. The first-order valence-corrected chi connectivity index (χ1v) is 6.02. The molecule has 0 fully saturated rings. The molecule has 3 nitrogen and oxygen atoms in total. The lowest BCUT2D eigenvalue weighted by molar-refractivity contribution is -0.112. The lowest BCUT2D eigenvalue weighted by atomic mass is 9.74. The highest BCUT2D eigenvalue weighted by atomic mass is 16.5. The van der Waals surface area contributed by atoms with Gasteiger partial charge < -0.3 is 15.2 Å². The van der Waals surface area contributed by atoms with Crippen LogP contribution in [0.2, 0.25) is 0 Å². The molecule has 0 aromatic rings. The van der Waals surface area contributed by atoms with Crippen LogP contribution >= 0.6 is 0 Å². The molecule has 0 amide bonds. The molecule has 98 valence electrons. The smallest absolute Gasteiger partial charge is 0.0945 e. The van der Waals surface area contributed by atoms with E-state index >= 15 is 0 Å². The van der Waals surface area contributed by atoms with Gasteiger partial charge in [0, 0.05) is 0 Å². The van der Waals surface area contributed by atoms with Gasteiger partial charge in [-0.2, -0.15) is 0 Å². The van der Waals surface area contributed by atoms with E-state index in [1.807, 2.05) is 6.92 Å². The van der Waals surface area contributed by atoms with E-state index in [2.05, 4.69) is 41.5 Å². The molecule has 0 saturated heterocycles. The van der Waals surface area contributed by atoms with E-state index in [1.165, 1.54) is 0 Å². The Kier molecular flexibility index (Phi) is 5.94. The quantitative estimate of drug-likeness (QED) is 0.740. The van der Waals surface area contributed by atoms with Crippen LogP contribution in [-0.4, -0.2) is 25.5 Å². The molecule has 0 spiro atoms. The average Bonchev–Trinajstić information content (AvgIpc) is 1.99. The summed E-state index contributed by atoms with van der Waals surface area (Å²) < 4.78 is 11.3. The summed E-state index contributed by atoms with van der Waals surface area (Å²) in [7, 11) is 0. The van der Waals surface area contributed by atoms with Crippen LogP contribution in [0.15, 0.2) is 0 Å². The summed E-state index contributed by atoms with van der Waals surface area (Å²) in [6.07, 6.45) is 0.251. The van der Waals surface area contributed by atoms with Crippen molar-refractivity contribution < 1.29 is 9.47 Å². The second-order valence-electron chi connectivity index (χ2n) is 6.59. The highest BCUT2D eigenvalue weighted by Crippen LogP contribution is 2.36. The number of hydrogen-bond donors (Lipinski definition) is 1. The molecule has 16 heavy (non-hydrogen) atoms. The molecule has 0 aromatic heterocycles. The molecule has 0 bridgehead atoms. The highest BCUT2D eigenvalue weighted by Gasteiger charge is 2.35. The van der Waals surface area contributed by atoms with Crippen molar-refractivity contribution in [2.24, 2.45) is 16.6 Å². The van der Waals surface area contributed by atoms with E-state index in [-0.39, 0.29) is 29.8 Å². The van der Waals surface area contributed by atoms with Crippen LogP contribution in [0.1, 0.15) is 48.5 Å². The summed E-state index contributed by atoms with van der Waals surface area (Å²) in [5.41, 5.74) is 5.58. The molecule has 0 aromatic carbocycles. The molecule has 0 saturated carbocycles. The van der Waals surface area contributed by atoms with Crippen molar-refractivity contribution in [2.75, 3.05) is 13.3 Å². The van der Waals surface area contributed by atoms with Gasteiger partial charge in [0.1, 0.15) is 0 Å².